The normalized spacial score (nSPS) is 12.1. The molecule has 1 rings (SSSR count). The summed E-state index contributed by atoms with van der Waals surface area (Å²) in [4.78, 5) is 27.6. The van der Waals surface area contributed by atoms with Gasteiger partial charge in [0.05, 0.1) is 25.0 Å². The lowest BCUT2D eigenvalue weighted by Gasteiger charge is -2.23. The number of carbonyl (C=O) groups is 2. The highest BCUT2D eigenvalue weighted by atomic mass is 16.6. The highest BCUT2D eigenvalue weighted by molar-refractivity contribution is 5.73. The Labute approximate surface area is 341 Å². The van der Waals surface area contributed by atoms with Crippen LogP contribution < -0.4 is 0 Å². The molecule has 0 spiro atoms. The maximum absolute atomic E-state index is 13.9. The summed E-state index contributed by atoms with van der Waals surface area (Å²) in [5, 5.41) is 0. The Hall–Kier alpha value is -1.88. The van der Waals surface area contributed by atoms with E-state index in [2.05, 4.69) is 27.7 Å². The maximum atomic E-state index is 13.9. The van der Waals surface area contributed by atoms with Crippen molar-refractivity contribution in [2.24, 2.45) is 11.8 Å². The molecule has 5 heteroatoms. The van der Waals surface area contributed by atoms with Crippen molar-refractivity contribution >= 4 is 11.9 Å². The third-order valence-corrected chi connectivity index (χ3v) is 11.4. The number of ether oxygens (including phenoxy) is 3. The first kappa shape index (κ1) is 51.1. The van der Waals surface area contributed by atoms with Gasteiger partial charge in [-0.2, -0.15) is 0 Å². The minimum absolute atomic E-state index is 0.0610. The van der Waals surface area contributed by atoms with Crippen molar-refractivity contribution in [3.63, 3.8) is 0 Å². The fraction of sp³-hybridized carbons (Fsp3) is 0.840. The zero-order chi connectivity index (χ0) is 39.9. The van der Waals surface area contributed by atoms with Gasteiger partial charge in [-0.3, -0.25) is 9.59 Å². The van der Waals surface area contributed by atoms with Crippen molar-refractivity contribution in [3.05, 3.63) is 35.9 Å². The Morgan fingerprint density at radius 1 is 0.436 bits per heavy atom. The Bertz CT molecular complexity index is 928. The lowest BCUT2D eigenvalue weighted by Crippen LogP contribution is -2.33. The first-order valence-corrected chi connectivity index (χ1v) is 24.0. The number of esters is 2. The molecular weight excluding hydrogens is 681 g/mol. The van der Waals surface area contributed by atoms with Crippen molar-refractivity contribution in [1.82, 2.24) is 0 Å². The van der Waals surface area contributed by atoms with E-state index in [0.717, 1.165) is 56.9 Å². The minimum atomic E-state index is -0.608. The lowest BCUT2D eigenvalue weighted by atomic mass is 9.94. The van der Waals surface area contributed by atoms with Crippen LogP contribution in [0.4, 0.5) is 0 Å². The van der Waals surface area contributed by atoms with Crippen molar-refractivity contribution in [3.8, 4) is 0 Å². The Kier molecular flexibility index (Phi) is 36.2. The summed E-state index contributed by atoms with van der Waals surface area (Å²) in [6.45, 7) is 9.74. The molecule has 1 unspecified atom stereocenters. The van der Waals surface area contributed by atoms with Gasteiger partial charge >= 0.3 is 11.9 Å². The number of hydrogen-bond acceptors (Lipinski definition) is 5. The van der Waals surface area contributed by atoms with E-state index in [0.29, 0.717) is 6.61 Å². The molecule has 0 bridgehead atoms. The topological polar surface area (TPSA) is 61.8 Å². The second kappa shape index (κ2) is 39.0. The van der Waals surface area contributed by atoms with Crippen LogP contribution in [-0.4, -0.2) is 31.3 Å². The smallest absolute Gasteiger partial charge is 0.309 e. The zero-order valence-electron chi connectivity index (χ0n) is 36.9. The van der Waals surface area contributed by atoms with Crippen LogP contribution in [0.1, 0.15) is 239 Å². The van der Waals surface area contributed by atoms with Gasteiger partial charge in [0, 0.05) is 0 Å². The molecule has 1 aromatic carbocycles. The summed E-state index contributed by atoms with van der Waals surface area (Å²) < 4.78 is 18.4. The molecule has 55 heavy (non-hydrogen) atoms. The molecule has 1 atom stereocenters. The molecule has 0 amide bonds. The van der Waals surface area contributed by atoms with Gasteiger partial charge in [0.25, 0.3) is 0 Å². The van der Waals surface area contributed by atoms with Crippen LogP contribution in [0.5, 0.6) is 0 Å². The van der Waals surface area contributed by atoms with Gasteiger partial charge in [-0.1, -0.05) is 238 Å². The van der Waals surface area contributed by atoms with Gasteiger partial charge in [-0.15, -0.1) is 0 Å². The van der Waals surface area contributed by atoms with Crippen LogP contribution >= 0.6 is 0 Å². The van der Waals surface area contributed by atoms with Crippen molar-refractivity contribution in [1.29, 1.82) is 0 Å². The highest BCUT2D eigenvalue weighted by Crippen LogP contribution is 2.24. The van der Waals surface area contributed by atoms with E-state index in [1.165, 1.54) is 154 Å². The van der Waals surface area contributed by atoms with E-state index in [4.69, 9.17) is 14.2 Å². The Morgan fingerprint density at radius 3 is 1.16 bits per heavy atom. The summed E-state index contributed by atoms with van der Waals surface area (Å²) >= 11 is 0. The van der Waals surface area contributed by atoms with Gasteiger partial charge in [-0.25, -0.2) is 0 Å². The van der Waals surface area contributed by atoms with Crippen molar-refractivity contribution in [2.75, 3.05) is 13.2 Å². The highest BCUT2D eigenvalue weighted by Gasteiger charge is 2.26. The van der Waals surface area contributed by atoms with Crippen LogP contribution in [0.2, 0.25) is 0 Å². The predicted octanol–water partition coefficient (Wildman–Crippen LogP) is 15.5. The minimum Gasteiger partial charge on any atom is -0.461 e. The zero-order valence-corrected chi connectivity index (χ0v) is 36.9. The molecule has 0 radical (unpaired) electrons. The van der Waals surface area contributed by atoms with Gasteiger partial charge in [0.15, 0.2) is 6.10 Å². The van der Waals surface area contributed by atoms with E-state index >= 15 is 0 Å². The average molecular weight is 771 g/mol. The summed E-state index contributed by atoms with van der Waals surface area (Å²) in [7, 11) is 0. The molecular formula is C50H90O5. The number of rotatable bonds is 41. The first-order valence-electron chi connectivity index (χ1n) is 24.0. The van der Waals surface area contributed by atoms with E-state index in [1.807, 2.05) is 30.3 Å². The van der Waals surface area contributed by atoms with Crippen LogP contribution in [0, 0.1) is 11.8 Å². The summed E-state index contributed by atoms with van der Waals surface area (Å²) in [6.07, 6.45) is 37.5. The fourth-order valence-electron chi connectivity index (χ4n) is 7.70. The SMILES string of the molecule is CCCCCCCCCC(CCCCCCCCC)C(=O)OCC(COCc1ccccc1)OC(=O)C(CCCCCCCCC)CCCCCCCCC. The van der Waals surface area contributed by atoms with Crippen LogP contribution in [0.3, 0.4) is 0 Å². The molecule has 320 valence electrons. The first-order chi connectivity index (χ1) is 27.0. The van der Waals surface area contributed by atoms with E-state index < -0.39 is 6.10 Å². The van der Waals surface area contributed by atoms with Gasteiger partial charge in [0.2, 0.25) is 0 Å². The Morgan fingerprint density at radius 2 is 0.782 bits per heavy atom. The molecule has 1 aromatic rings. The van der Waals surface area contributed by atoms with Crippen molar-refractivity contribution in [2.45, 2.75) is 246 Å². The molecule has 0 saturated carbocycles. The van der Waals surface area contributed by atoms with Crippen LogP contribution in [0.15, 0.2) is 30.3 Å². The van der Waals surface area contributed by atoms with Gasteiger partial charge in [0.1, 0.15) is 6.61 Å². The van der Waals surface area contributed by atoms with Gasteiger partial charge < -0.3 is 14.2 Å². The largest absolute Gasteiger partial charge is 0.461 e. The molecule has 0 aliphatic rings. The van der Waals surface area contributed by atoms with E-state index in [9.17, 15) is 9.59 Å². The Balaban J connectivity index is 2.90. The number of carbonyl (C=O) groups excluding carboxylic acids is 2. The number of benzene rings is 1. The number of unbranched alkanes of at least 4 members (excludes halogenated alkanes) is 24. The summed E-state index contributed by atoms with van der Waals surface area (Å²) in [6, 6.07) is 10.1. The summed E-state index contributed by atoms with van der Waals surface area (Å²) in [5.74, 6) is -0.455. The number of hydrogen-bond donors (Lipinski definition) is 0. The third-order valence-electron chi connectivity index (χ3n) is 11.4. The predicted molar refractivity (Wildman–Crippen MR) is 234 cm³/mol. The second-order valence-electron chi connectivity index (χ2n) is 16.7. The monoisotopic (exact) mass is 771 g/mol. The molecule has 0 saturated heterocycles. The molecule has 0 heterocycles. The molecule has 0 aromatic heterocycles. The second-order valence-corrected chi connectivity index (χ2v) is 16.7. The van der Waals surface area contributed by atoms with Crippen LogP contribution in [-0.2, 0) is 30.4 Å². The molecule has 0 N–H and O–H groups in total. The van der Waals surface area contributed by atoms with Crippen molar-refractivity contribution < 1.29 is 23.8 Å². The molecule has 5 nitrogen and oxygen atoms in total. The molecule has 0 aliphatic carbocycles. The maximum Gasteiger partial charge on any atom is 0.309 e. The molecule has 0 aliphatic heterocycles. The quantitative estimate of drug-likeness (QED) is 0.0490. The summed E-state index contributed by atoms with van der Waals surface area (Å²) in [5.41, 5.74) is 1.07. The van der Waals surface area contributed by atoms with E-state index in [1.54, 1.807) is 0 Å². The van der Waals surface area contributed by atoms with Gasteiger partial charge in [-0.05, 0) is 31.2 Å². The third kappa shape index (κ3) is 30.9. The average Bonchev–Trinajstić information content (AvgIpc) is 3.20. The fourth-order valence-corrected chi connectivity index (χ4v) is 7.70. The van der Waals surface area contributed by atoms with E-state index in [-0.39, 0.29) is 37.0 Å². The lowest BCUT2D eigenvalue weighted by molar-refractivity contribution is -0.169. The standard InChI is InChI=1S/C50H90O5/c1-5-9-13-17-21-25-32-38-46(39-33-26-22-18-14-10-6-2)49(51)54-44-48(43-53-42-45-36-30-29-31-37-45)55-50(52)47(40-34-27-23-19-15-11-7-3)41-35-28-24-20-16-12-8-4/h29-31,36-37,46-48H,5-28,32-35,38-44H2,1-4H3. The molecule has 0 fully saturated rings. The van der Waals surface area contributed by atoms with Crippen LogP contribution in [0.25, 0.3) is 0 Å².